The number of halogens is 1. The number of methoxy groups -OCH3 is 1. The van der Waals surface area contributed by atoms with Gasteiger partial charge in [-0.15, -0.1) is 0 Å². The summed E-state index contributed by atoms with van der Waals surface area (Å²) in [6, 6.07) is 12.4. The fraction of sp³-hybridized carbons (Fsp3) is 0.208. The molecule has 168 valence electrons. The highest BCUT2D eigenvalue weighted by Crippen LogP contribution is 2.55. The summed E-state index contributed by atoms with van der Waals surface area (Å²) in [5, 5.41) is 2.81. The molecule has 2 aromatic carbocycles. The number of amides is 1. The molecule has 0 aromatic heterocycles. The normalized spacial score (nSPS) is 20.8. The smallest absolute Gasteiger partial charge is 0.341 e. The SMILES string of the molecule is COCCOC(=O)C1=C(N)OC2=C(C(=O)Cc3ccccc32)[C@@]12C(=O)Nc1ccc(Br)cc12. The predicted molar refractivity (Wildman–Crippen MR) is 122 cm³/mol. The molecule has 0 radical (unpaired) electrons. The van der Waals surface area contributed by atoms with Gasteiger partial charge in [-0.3, -0.25) is 9.59 Å². The molecule has 9 heteroatoms. The van der Waals surface area contributed by atoms with Crippen LogP contribution in [0.5, 0.6) is 0 Å². The fourth-order valence-electron chi connectivity index (χ4n) is 4.69. The van der Waals surface area contributed by atoms with Crippen LogP contribution >= 0.6 is 15.9 Å². The van der Waals surface area contributed by atoms with E-state index in [-0.39, 0.29) is 48.2 Å². The van der Waals surface area contributed by atoms with Crippen molar-refractivity contribution in [2.45, 2.75) is 11.8 Å². The van der Waals surface area contributed by atoms with E-state index in [1.807, 2.05) is 18.2 Å². The van der Waals surface area contributed by atoms with Crippen LogP contribution in [0.15, 0.2) is 64.0 Å². The van der Waals surface area contributed by atoms with E-state index in [0.29, 0.717) is 21.3 Å². The molecule has 8 nitrogen and oxygen atoms in total. The molecule has 0 fully saturated rings. The zero-order valence-electron chi connectivity index (χ0n) is 17.6. The van der Waals surface area contributed by atoms with E-state index in [2.05, 4.69) is 21.2 Å². The number of hydrogen-bond acceptors (Lipinski definition) is 7. The van der Waals surface area contributed by atoms with Gasteiger partial charge in [-0.1, -0.05) is 40.2 Å². The Kier molecular flexibility index (Phi) is 5.10. The summed E-state index contributed by atoms with van der Waals surface area (Å²) in [4.78, 5) is 40.6. The number of ketones is 1. The molecule has 3 N–H and O–H groups in total. The van der Waals surface area contributed by atoms with E-state index in [9.17, 15) is 14.4 Å². The quantitative estimate of drug-likeness (QED) is 0.479. The van der Waals surface area contributed by atoms with Crippen molar-refractivity contribution in [1.82, 2.24) is 0 Å². The Bertz CT molecular complexity index is 1300. The number of rotatable bonds is 4. The number of nitrogens with two attached hydrogens (primary N) is 1. The van der Waals surface area contributed by atoms with Crippen molar-refractivity contribution in [2.75, 3.05) is 25.6 Å². The average Bonchev–Trinajstić information content (AvgIpc) is 3.05. The first kappa shape index (κ1) is 21.4. The van der Waals surface area contributed by atoms with Crippen molar-refractivity contribution in [1.29, 1.82) is 0 Å². The Labute approximate surface area is 197 Å². The number of fused-ring (bicyclic) bond motifs is 5. The molecule has 0 saturated heterocycles. The summed E-state index contributed by atoms with van der Waals surface area (Å²) in [5.74, 6) is -1.87. The van der Waals surface area contributed by atoms with Crippen molar-refractivity contribution < 1.29 is 28.6 Å². The van der Waals surface area contributed by atoms with Crippen molar-refractivity contribution in [3.05, 3.63) is 80.7 Å². The second kappa shape index (κ2) is 7.86. The molecule has 1 atom stereocenters. The van der Waals surface area contributed by atoms with E-state index >= 15 is 0 Å². The molecule has 1 amide bonds. The first-order chi connectivity index (χ1) is 15.9. The lowest BCUT2D eigenvalue weighted by Crippen LogP contribution is -2.49. The lowest BCUT2D eigenvalue weighted by Gasteiger charge is -2.38. The first-order valence-electron chi connectivity index (χ1n) is 10.2. The number of carbonyl (C=O) groups excluding carboxylic acids is 3. The number of benzene rings is 2. The standard InChI is InChI=1S/C24H19BrN2O6/c1-31-8-9-32-22(29)19-21(26)33-20-14-5-3-2-4-12(14)10-17(28)18(20)24(19)15-11-13(25)6-7-16(15)27-23(24)30/h2-7,11H,8-10,26H2,1H3,(H,27,30)/t24-/m1/s1. The highest BCUT2D eigenvalue weighted by atomic mass is 79.9. The van der Waals surface area contributed by atoms with E-state index in [4.69, 9.17) is 19.9 Å². The van der Waals surface area contributed by atoms with Crippen molar-refractivity contribution >= 4 is 45.0 Å². The van der Waals surface area contributed by atoms with Gasteiger partial charge in [0.25, 0.3) is 0 Å². The van der Waals surface area contributed by atoms with Crippen LogP contribution in [0.25, 0.3) is 5.76 Å². The second-order valence-electron chi connectivity index (χ2n) is 7.83. The predicted octanol–water partition coefficient (Wildman–Crippen LogP) is 2.57. The zero-order valence-corrected chi connectivity index (χ0v) is 19.2. The Balaban J connectivity index is 1.82. The van der Waals surface area contributed by atoms with Crippen LogP contribution < -0.4 is 11.1 Å². The van der Waals surface area contributed by atoms with Crippen LogP contribution in [0.4, 0.5) is 5.69 Å². The molecule has 0 saturated carbocycles. The first-order valence-corrected chi connectivity index (χ1v) is 11.0. The van der Waals surface area contributed by atoms with Gasteiger partial charge in [0.1, 0.15) is 23.4 Å². The summed E-state index contributed by atoms with van der Waals surface area (Å²) in [6.07, 6.45) is 0.0582. The third-order valence-corrected chi connectivity index (χ3v) is 6.52. The van der Waals surface area contributed by atoms with Gasteiger partial charge in [0.15, 0.2) is 5.78 Å². The maximum Gasteiger partial charge on any atom is 0.341 e. The monoisotopic (exact) mass is 510 g/mol. The highest BCUT2D eigenvalue weighted by Gasteiger charge is 2.62. The van der Waals surface area contributed by atoms with Crippen LogP contribution in [0.3, 0.4) is 0 Å². The van der Waals surface area contributed by atoms with Crippen molar-refractivity contribution in [2.24, 2.45) is 5.73 Å². The molecule has 1 spiro atoms. The minimum absolute atomic E-state index is 0.0577. The topological polar surface area (TPSA) is 117 Å². The van der Waals surface area contributed by atoms with Crippen LogP contribution in [0.2, 0.25) is 0 Å². The number of esters is 1. The van der Waals surface area contributed by atoms with Gasteiger partial charge >= 0.3 is 5.97 Å². The minimum atomic E-state index is -1.81. The van der Waals surface area contributed by atoms with E-state index in [1.54, 1.807) is 24.3 Å². The van der Waals surface area contributed by atoms with Gasteiger partial charge in [-0.25, -0.2) is 4.79 Å². The number of hydrogen-bond donors (Lipinski definition) is 2. The molecule has 2 aromatic rings. The fourth-order valence-corrected chi connectivity index (χ4v) is 5.05. The molecule has 5 rings (SSSR count). The van der Waals surface area contributed by atoms with E-state index < -0.39 is 17.3 Å². The number of anilines is 1. The van der Waals surface area contributed by atoms with Gasteiger partial charge in [0.05, 0.1) is 12.2 Å². The maximum atomic E-state index is 13.7. The molecule has 2 aliphatic heterocycles. The van der Waals surface area contributed by atoms with Gasteiger partial charge < -0.3 is 25.3 Å². The molecular formula is C24H19BrN2O6. The van der Waals surface area contributed by atoms with Gasteiger partial charge in [0.2, 0.25) is 11.8 Å². The van der Waals surface area contributed by atoms with Gasteiger partial charge in [0, 0.05) is 34.8 Å². The molecule has 2 heterocycles. The molecule has 1 aliphatic carbocycles. The Morgan fingerprint density at radius 2 is 2.00 bits per heavy atom. The second-order valence-corrected chi connectivity index (χ2v) is 8.74. The third-order valence-electron chi connectivity index (χ3n) is 6.03. The van der Waals surface area contributed by atoms with E-state index in [0.717, 1.165) is 5.56 Å². The minimum Gasteiger partial charge on any atom is -0.460 e. The summed E-state index contributed by atoms with van der Waals surface area (Å²) < 4.78 is 16.9. The Morgan fingerprint density at radius 1 is 1.21 bits per heavy atom. The van der Waals surface area contributed by atoms with Crippen molar-refractivity contribution in [3.8, 4) is 0 Å². The molecule has 0 unspecified atom stereocenters. The number of Topliss-reactive ketones (excluding diaryl/α,β-unsaturated/α-hetero) is 1. The third kappa shape index (κ3) is 3.03. The van der Waals surface area contributed by atoms with Crippen LogP contribution in [0.1, 0.15) is 16.7 Å². The Morgan fingerprint density at radius 3 is 2.79 bits per heavy atom. The number of carbonyl (C=O) groups is 3. The van der Waals surface area contributed by atoms with Crippen molar-refractivity contribution in [3.63, 3.8) is 0 Å². The average molecular weight is 511 g/mol. The van der Waals surface area contributed by atoms with Gasteiger partial charge in [-0.2, -0.15) is 0 Å². The summed E-state index contributed by atoms with van der Waals surface area (Å²) in [5.41, 5.74) is 6.63. The summed E-state index contributed by atoms with van der Waals surface area (Å²) in [7, 11) is 1.47. The van der Waals surface area contributed by atoms with Gasteiger partial charge in [-0.05, 0) is 23.8 Å². The summed E-state index contributed by atoms with van der Waals surface area (Å²) >= 11 is 3.44. The zero-order chi connectivity index (χ0) is 23.3. The molecular weight excluding hydrogens is 492 g/mol. The molecule has 0 bridgehead atoms. The van der Waals surface area contributed by atoms with Crippen LogP contribution in [-0.4, -0.2) is 38.0 Å². The summed E-state index contributed by atoms with van der Waals surface area (Å²) in [6.45, 7) is 0.0964. The number of ether oxygens (including phenoxy) is 3. The lowest BCUT2D eigenvalue weighted by molar-refractivity contribution is -0.142. The van der Waals surface area contributed by atoms with E-state index in [1.165, 1.54) is 7.11 Å². The molecule has 3 aliphatic rings. The maximum absolute atomic E-state index is 13.7. The lowest BCUT2D eigenvalue weighted by atomic mass is 9.64. The largest absolute Gasteiger partial charge is 0.460 e. The highest BCUT2D eigenvalue weighted by molar-refractivity contribution is 9.10. The Hall–Kier alpha value is -3.43. The van der Waals surface area contributed by atoms with Crippen LogP contribution in [-0.2, 0) is 40.4 Å². The number of nitrogens with one attached hydrogen (secondary N) is 1. The van der Waals surface area contributed by atoms with Crippen LogP contribution in [0, 0.1) is 0 Å². The molecule has 33 heavy (non-hydrogen) atoms.